The Bertz CT molecular complexity index is 939. The van der Waals surface area contributed by atoms with E-state index in [-0.39, 0.29) is 11.5 Å². The molecule has 26 heavy (non-hydrogen) atoms. The molecule has 0 spiro atoms. The minimum Gasteiger partial charge on any atom is -0.311 e. The van der Waals surface area contributed by atoms with Gasteiger partial charge in [-0.25, -0.2) is 5.10 Å². The molecule has 6 heteroatoms. The van der Waals surface area contributed by atoms with E-state index in [4.69, 9.17) is 0 Å². The second-order valence-electron chi connectivity index (χ2n) is 8.34. The summed E-state index contributed by atoms with van der Waals surface area (Å²) >= 11 is 0. The van der Waals surface area contributed by atoms with Gasteiger partial charge in [0, 0.05) is 17.6 Å². The number of hydrogen-bond acceptors (Lipinski definition) is 4. The lowest BCUT2D eigenvalue weighted by Gasteiger charge is -2.32. The van der Waals surface area contributed by atoms with Crippen molar-refractivity contribution < 1.29 is 4.79 Å². The van der Waals surface area contributed by atoms with Crippen LogP contribution in [0.15, 0.2) is 16.9 Å². The van der Waals surface area contributed by atoms with Gasteiger partial charge in [0.2, 0.25) is 5.91 Å². The van der Waals surface area contributed by atoms with Crippen molar-refractivity contribution >= 4 is 22.4 Å². The predicted molar refractivity (Wildman–Crippen MR) is 103 cm³/mol. The lowest BCUT2D eigenvalue weighted by Crippen LogP contribution is -2.41. The van der Waals surface area contributed by atoms with Gasteiger partial charge in [0.1, 0.15) is 0 Å². The van der Waals surface area contributed by atoms with Crippen LogP contribution >= 0.6 is 0 Å². The Kier molecular flexibility index (Phi) is 3.91. The normalized spacial score (nSPS) is 20.8. The fourth-order valence-electron chi connectivity index (χ4n) is 4.30. The van der Waals surface area contributed by atoms with Crippen LogP contribution in [0.5, 0.6) is 0 Å². The van der Waals surface area contributed by atoms with E-state index in [1.165, 1.54) is 0 Å². The number of aromatic amines is 1. The molecule has 1 aromatic carbocycles. The molecule has 0 aliphatic carbocycles. The topological polar surface area (TPSA) is 69.3 Å². The highest BCUT2D eigenvalue weighted by atomic mass is 16.2. The third-order valence-electron chi connectivity index (χ3n) is 6.12. The van der Waals surface area contributed by atoms with Crippen molar-refractivity contribution in [2.45, 2.75) is 39.0 Å². The zero-order valence-electron chi connectivity index (χ0n) is 15.9. The summed E-state index contributed by atoms with van der Waals surface area (Å²) in [7, 11) is 2.14. The van der Waals surface area contributed by atoms with Crippen LogP contribution in [-0.2, 0) is 10.2 Å². The second kappa shape index (κ2) is 5.91. The van der Waals surface area contributed by atoms with Gasteiger partial charge in [0.05, 0.1) is 16.5 Å². The molecule has 1 saturated heterocycles. The maximum atomic E-state index is 13.2. The smallest absolute Gasteiger partial charge is 0.272 e. The number of likely N-dealkylation sites (tertiary alicyclic amines) is 1. The lowest BCUT2D eigenvalue weighted by molar-refractivity contribution is -0.122. The van der Waals surface area contributed by atoms with Crippen molar-refractivity contribution in [1.82, 2.24) is 15.1 Å². The van der Waals surface area contributed by atoms with Crippen LogP contribution in [0.3, 0.4) is 0 Å². The van der Waals surface area contributed by atoms with E-state index < -0.39 is 5.41 Å². The Morgan fingerprint density at radius 2 is 1.88 bits per heavy atom. The average Bonchev–Trinajstić information content (AvgIpc) is 2.80. The minimum absolute atomic E-state index is 0.128. The third kappa shape index (κ3) is 2.55. The molecule has 2 aliphatic heterocycles. The Labute approximate surface area is 153 Å². The summed E-state index contributed by atoms with van der Waals surface area (Å²) in [4.78, 5) is 29.7. The number of aromatic nitrogens is 2. The molecule has 4 rings (SSSR count). The highest BCUT2D eigenvalue weighted by Gasteiger charge is 2.44. The SMILES string of the molecule is Cc1n[nH]c(=O)c2cc3c(cc12)C(C)(C)C(=O)N3CC1CCN(C)CC1. The fourth-order valence-corrected chi connectivity index (χ4v) is 4.30. The highest BCUT2D eigenvalue weighted by Crippen LogP contribution is 2.44. The second-order valence-corrected chi connectivity index (χ2v) is 8.34. The van der Waals surface area contributed by atoms with Gasteiger partial charge in [-0.3, -0.25) is 9.59 Å². The van der Waals surface area contributed by atoms with Crippen LogP contribution in [0.25, 0.3) is 10.8 Å². The quantitative estimate of drug-likeness (QED) is 0.898. The van der Waals surface area contributed by atoms with Crippen LogP contribution in [0, 0.1) is 12.8 Å². The molecule has 3 heterocycles. The van der Waals surface area contributed by atoms with Crippen LogP contribution in [-0.4, -0.2) is 47.7 Å². The Hall–Kier alpha value is -2.21. The molecule has 0 radical (unpaired) electrons. The van der Waals surface area contributed by atoms with E-state index >= 15 is 0 Å². The summed E-state index contributed by atoms with van der Waals surface area (Å²) in [5.41, 5.74) is 1.88. The third-order valence-corrected chi connectivity index (χ3v) is 6.12. The molecule has 1 N–H and O–H groups in total. The van der Waals surface area contributed by atoms with Gasteiger partial charge < -0.3 is 9.80 Å². The molecule has 1 amide bonds. The molecule has 2 aliphatic rings. The Morgan fingerprint density at radius 1 is 1.19 bits per heavy atom. The first-order valence-electron chi connectivity index (χ1n) is 9.33. The molecule has 138 valence electrons. The number of aryl methyl sites for hydroxylation is 1. The van der Waals surface area contributed by atoms with Gasteiger partial charge in [-0.15, -0.1) is 0 Å². The van der Waals surface area contributed by atoms with E-state index in [0.717, 1.165) is 54.8 Å². The maximum Gasteiger partial charge on any atom is 0.272 e. The first kappa shape index (κ1) is 17.2. The van der Waals surface area contributed by atoms with Gasteiger partial charge in [-0.1, -0.05) is 0 Å². The molecule has 2 aromatic rings. The van der Waals surface area contributed by atoms with E-state index in [9.17, 15) is 9.59 Å². The van der Waals surface area contributed by atoms with Gasteiger partial charge in [-0.2, -0.15) is 5.10 Å². The first-order chi connectivity index (χ1) is 12.3. The number of hydrogen-bond donors (Lipinski definition) is 1. The molecule has 0 unspecified atom stereocenters. The number of carbonyl (C=O) groups is 1. The van der Waals surface area contributed by atoms with Crippen molar-refractivity contribution in [3.05, 3.63) is 33.7 Å². The van der Waals surface area contributed by atoms with Gasteiger partial charge in [0.15, 0.2) is 0 Å². The van der Waals surface area contributed by atoms with E-state index in [2.05, 4.69) is 22.1 Å². The average molecular weight is 354 g/mol. The molecular weight excluding hydrogens is 328 g/mol. The van der Waals surface area contributed by atoms with E-state index in [1.807, 2.05) is 37.8 Å². The number of nitrogens with zero attached hydrogens (tertiary/aromatic N) is 3. The molecule has 0 atom stereocenters. The largest absolute Gasteiger partial charge is 0.311 e. The van der Waals surface area contributed by atoms with E-state index in [0.29, 0.717) is 11.3 Å². The zero-order valence-corrected chi connectivity index (χ0v) is 15.9. The number of anilines is 1. The van der Waals surface area contributed by atoms with Crippen molar-refractivity contribution in [2.75, 3.05) is 31.6 Å². The summed E-state index contributed by atoms with van der Waals surface area (Å²) in [6.07, 6.45) is 2.21. The van der Waals surface area contributed by atoms with E-state index in [1.54, 1.807) is 0 Å². The summed E-state index contributed by atoms with van der Waals surface area (Å²) < 4.78 is 0. The summed E-state index contributed by atoms with van der Waals surface area (Å²) in [5.74, 6) is 0.633. The summed E-state index contributed by atoms with van der Waals surface area (Å²) in [5, 5.41) is 8.07. The number of nitrogens with one attached hydrogen (secondary N) is 1. The number of fused-ring (bicyclic) bond motifs is 2. The first-order valence-corrected chi connectivity index (χ1v) is 9.33. The number of carbonyl (C=O) groups excluding carboxylic acids is 1. The van der Waals surface area contributed by atoms with Crippen LogP contribution in [0.1, 0.15) is 37.9 Å². The number of rotatable bonds is 2. The van der Waals surface area contributed by atoms with Crippen molar-refractivity contribution in [2.24, 2.45) is 5.92 Å². The molecule has 1 aromatic heterocycles. The van der Waals surface area contributed by atoms with Crippen molar-refractivity contribution in [3.63, 3.8) is 0 Å². The molecule has 6 nitrogen and oxygen atoms in total. The predicted octanol–water partition coefficient (Wildman–Crippen LogP) is 2.20. The van der Waals surface area contributed by atoms with Crippen LogP contribution in [0.4, 0.5) is 5.69 Å². The number of benzene rings is 1. The summed E-state index contributed by atoms with van der Waals surface area (Å²) in [6.45, 7) is 8.72. The highest BCUT2D eigenvalue weighted by molar-refractivity contribution is 6.10. The number of piperidine rings is 1. The monoisotopic (exact) mass is 354 g/mol. The standard InChI is InChI=1S/C20H26N4O2/c1-12-14-9-16-17(10-15(14)18(25)22-21-12)24(19(26)20(16,2)3)11-13-5-7-23(4)8-6-13/h9-10,13H,5-8,11H2,1-4H3,(H,22,25). The molecule has 1 fully saturated rings. The number of H-pyrrole nitrogens is 1. The maximum absolute atomic E-state index is 13.2. The Morgan fingerprint density at radius 3 is 2.58 bits per heavy atom. The van der Waals surface area contributed by atoms with Gasteiger partial charge >= 0.3 is 0 Å². The fraction of sp³-hybridized carbons (Fsp3) is 0.550. The van der Waals surface area contributed by atoms with Crippen LogP contribution < -0.4 is 10.5 Å². The Balaban J connectivity index is 1.79. The molecule has 0 bridgehead atoms. The van der Waals surface area contributed by atoms with Gasteiger partial charge in [0.25, 0.3) is 5.56 Å². The number of amides is 1. The van der Waals surface area contributed by atoms with Gasteiger partial charge in [-0.05, 0) is 77.4 Å². The molecular formula is C20H26N4O2. The van der Waals surface area contributed by atoms with Crippen molar-refractivity contribution in [3.8, 4) is 0 Å². The lowest BCUT2D eigenvalue weighted by atomic mass is 9.85. The van der Waals surface area contributed by atoms with Crippen molar-refractivity contribution in [1.29, 1.82) is 0 Å². The van der Waals surface area contributed by atoms with Crippen LogP contribution in [0.2, 0.25) is 0 Å². The minimum atomic E-state index is -0.579. The molecule has 0 saturated carbocycles. The zero-order chi connectivity index (χ0) is 18.6. The summed E-state index contributed by atoms with van der Waals surface area (Å²) in [6, 6.07) is 3.88.